The number of halogens is 1. The molecule has 0 aromatic carbocycles. The van der Waals surface area contributed by atoms with E-state index in [1.165, 1.54) is 4.90 Å². The molecule has 100 valence electrons. The first-order valence-electron chi connectivity index (χ1n) is 5.97. The summed E-state index contributed by atoms with van der Waals surface area (Å²) >= 11 is 0. The van der Waals surface area contributed by atoms with Crippen molar-refractivity contribution < 1.29 is 23.5 Å². The van der Waals surface area contributed by atoms with Crippen molar-refractivity contribution >= 4 is 17.8 Å². The largest absolute Gasteiger partial charge is 0.462 e. The normalized spacial score (nSPS) is 25.1. The maximum atomic E-state index is 13.8. The van der Waals surface area contributed by atoms with Crippen molar-refractivity contribution in [3.05, 3.63) is 0 Å². The molecular formula is C11H15FN2O4. The Kier molecular flexibility index (Phi) is 3.49. The van der Waals surface area contributed by atoms with E-state index in [0.717, 1.165) is 6.42 Å². The first-order chi connectivity index (χ1) is 8.56. The van der Waals surface area contributed by atoms with Gasteiger partial charge in [-0.2, -0.15) is 0 Å². The highest BCUT2D eigenvalue weighted by molar-refractivity contribution is 5.97. The fourth-order valence-electron chi connectivity index (χ4n) is 2.36. The van der Waals surface area contributed by atoms with E-state index >= 15 is 0 Å². The van der Waals surface area contributed by atoms with Crippen LogP contribution in [0.15, 0.2) is 0 Å². The number of carbonyl (C=O) groups is 3. The maximum Gasteiger partial charge on any atom is 0.362 e. The SMILES string of the molecule is CCOC(=O)C(F)N1CC(=O)N2CCCC2C1=O. The maximum absolute atomic E-state index is 13.8. The Morgan fingerprint density at radius 3 is 2.94 bits per heavy atom. The molecule has 0 bridgehead atoms. The molecule has 0 aromatic heterocycles. The Morgan fingerprint density at radius 1 is 1.56 bits per heavy atom. The van der Waals surface area contributed by atoms with Gasteiger partial charge < -0.3 is 9.64 Å². The van der Waals surface area contributed by atoms with Gasteiger partial charge in [-0.3, -0.25) is 14.5 Å². The van der Waals surface area contributed by atoms with E-state index in [4.69, 9.17) is 0 Å². The minimum Gasteiger partial charge on any atom is -0.462 e. The van der Waals surface area contributed by atoms with Crippen LogP contribution in [0, 0.1) is 0 Å². The summed E-state index contributed by atoms with van der Waals surface area (Å²) in [6, 6.07) is -0.612. The Bertz CT molecular complexity index is 387. The van der Waals surface area contributed by atoms with Crippen molar-refractivity contribution in [1.29, 1.82) is 0 Å². The lowest BCUT2D eigenvalue weighted by Gasteiger charge is -2.36. The van der Waals surface area contributed by atoms with Gasteiger partial charge in [0.05, 0.1) is 6.61 Å². The monoisotopic (exact) mass is 258 g/mol. The number of rotatable bonds is 3. The van der Waals surface area contributed by atoms with Gasteiger partial charge in [0.1, 0.15) is 12.6 Å². The van der Waals surface area contributed by atoms with Crippen LogP contribution in [0.2, 0.25) is 0 Å². The third kappa shape index (κ3) is 2.04. The van der Waals surface area contributed by atoms with Gasteiger partial charge in [0, 0.05) is 6.54 Å². The molecule has 2 aliphatic heterocycles. The lowest BCUT2D eigenvalue weighted by atomic mass is 10.1. The number of nitrogens with zero attached hydrogens (tertiary/aromatic N) is 2. The molecule has 18 heavy (non-hydrogen) atoms. The highest BCUT2D eigenvalue weighted by Gasteiger charge is 2.46. The quantitative estimate of drug-likeness (QED) is 0.514. The number of hydrogen-bond acceptors (Lipinski definition) is 4. The first-order valence-corrected chi connectivity index (χ1v) is 5.97. The van der Waals surface area contributed by atoms with Crippen LogP contribution in [0.25, 0.3) is 0 Å². The molecule has 0 saturated carbocycles. The van der Waals surface area contributed by atoms with Crippen molar-refractivity contribution in [2.75, 3.05) is 19.7 Å². The molecule has 2 unspecified atom stereocenters. The molecule has 2 heterocycles. The summed E-state index contributed by atoms with van der Waals surface area (Å²) in [4.78, 5) is 37.1. The number of ether oxygens (including phenoxy) is 1. The Hall–Kier alpha value is -1.66. The van der Waals surface area contributed by atoms with Gasteiger partial charge in [-0.05, 0) is 19.8 Å². The van der Waals surface area contributed by atoms with Crippen molar-refractivity contribution in [3.8, 4) is 0 Å². The van der Waals surface area contributed by atoms with Crippen molar-refractivity contribution in [1.82, 2.24) is 9.80 Å². The van der Waals surface area contributed by atoms with Crippen LogP contribution in [0.4, 0.5) is 4.39 Å². The van der Waals surface area contributed by atoms with Crippen LogP contribution in [0.1, 0.15) is 19.8 Å². The van der Waals surface area contributed by atoms with Crippen LogP contribution < -0.4 is 0 Å². The molecule has 2 rings (SSSR count). The van der Waals surface area contributed by atoms with Crippen LogP contribution in [-0.2, 0) is 19.1 Å². The minimum absolute atomic E-state index is 0.0325. The summed E-state index contributed by atoms with van der Waals surface area (Å²) in [6.45, 7) is 1.71. The fraction of sp³-hybridized carbons (Fsp3) is 0.727. The third-order valence-corrected chi connectivity index (χ3v) is 3.20. The number of esters is 1. The van der Waals surface area contributed by atoms with Gasteiger partial charge >= 0.3 is 5.97 Å². The summed E-state index contributed by atoms with van der Waals surface area (Å²) in [6.07, 6.45) is -0.938. The number of carbonyl (C=O) groups excluding carboxylic acids is 3. The lowest BCUT2D eigenvalue weighted by molar-refractivity contribution is -0.171. The summed E-state index contributed by atoms with van der Waals surface area (Å²) < 4.78 is 18.3. The number of hydrogen-bond donors (Lipinski definition) is 0. The Balaban J connectivity index is 2.11. The number of piperazine rings is 1. The lowest BCUT2D eigenvalue weighted by Crippen LogP contribution is -2.60. The highest BCUT2D eigenvalue weighted by Crippen LogP contribution is 2.25. The number of amides is 2. The first kappa shape index (κ1) is 12.8. The van der Waals surface area contributed by atoms with Gasteiger partial charge in [0.25, 0.3) is 6.30 Å². The predicted octanol–water partition coefficient (Wildman–Crippen LogP) is -0.322. The smallest absolute Gasteiger partial charge is 0.362 e. The summed E-state index contributed by atoms with van der Waals surface area (Å²) in [5.41, 5.74) is 0. The van der Waals surface area contributed by atoms with E-state index in [0.29, 0.717) is 17.9 Å². The average Bonchev–Trinajstić information content (AvgIpc) is 2.83. The van der Waals surface area contributed by atoms with E-state index in [9.17, 15) is 18.8 Å². The van der Waals surface area contributed by atoms with Crippen molar-refractivity contribution in [2.45, 2.75) is 32.1 Å². The van der Waals surface area contributed by atoms with Gasteiger partial charge in [0.2, 0.25) is 11.8 Å². The second kappa shape index (κ2) is 4.91. The standard InChI is InChI=1S/C11H15FN2O4/c1-2-18-11(17)9(12)14-6-8(15)13-5-3-4-7(13)10(14)16/h7,9H,2-6H2,1H3. The molecule has 6 nitrogen and oxygen atoms in total. The molecule has 7 heteroatoms. The third-order valence-electron chi connectivity index (χ3n) is 3.20. The molecule has 0 aromatic rings. The van der Waals surface area contributed by atoms with Crippen LogP contribution in [0.5, 0.6) is 0 Å². The highest BCUT2D eigenvalue weighted by atomic mass is 19.1. The van der Waals surface area contributed by atoms with Gasteiger partial charge in [-0.1, -0.05) is 0 Å². The molecule has 0 N–H and O–H groups in total. The van der Waals surface area contributed by atoms with E-state index < -0.39 is 30.8 Å². The van der Waals surface area contributed by atoms with Crippen LogP contribution >= 0.6 is 0 Å². The predicted molar refractivity (Wildman–Crippen MR) is 58.0 cm³/mol. The zero-order chi connectivity index (χ0) is 13.3. The van der Waals surface area contributed by atoms with Crippen molar-refractivity contribution in [2.24, 2.45) is 0 Å². The van der Waals surface area contributed by atoms with E-state index in [1.54, 1.807) is 6.92 Å². The molecule has 0 radical (unpaired) electrons. The Labute approximate surface area is 104 Å². The van der Waals surface area contributed by atoms with E-state index in [2.05, 4.69) is 4.74 Å². The molecule has 0 aliphatic carbocycles. The molecule has 0 spiro atoms. The second-order valence-electron chi connectivity index (χ2n) is 4.30. The molecular weight excluding hydrogens is 243 g/mol. The van der Waals surface area contributed by atoms with E-state index in [-0.39, 0.29) is 12.5 Å². The van der Waals surface area contributed by atoms with Crippen molar-refractivity contribution in [3.63, 3.8) is 0 Å². The fourth-order valence-corrected chi connectivity index (χ4v) is 2.36. The molecule has 2 aliphatic rings. The van der Waals surface area contributed by atoms with E-state index in [1.807, 2.05) is 0 Å². The summed E-state index contributed by atoms with van der Waals surface area (Å²) in [7, 11) is 0. The molecule has 2 saturated heterocycles. The Morgan fingerprint density at radius 2 is 2.28 bits per heavy atom. The molecule has 2 fully saturated rings. The summed E-state index contributed by atoms with van der Waals surface area (Å²) in [5, 5.41) is 0. The van der Waals surface area contributed by atoms with Gasteiger partial charge in [-0.15, -0.1) is 0 Å². The van der Waals surface area contributed by atoms with Gasteiger partial charge in [-0.25, -0.2) is 9.18 Å². The molecule has 2 atom stereocenters. The zero-order valence-electron chi connectivity index (χ0n) is 10.1. The molecule has 2 amide bonds. The second-order valence-corrected chi connectivity index (χ2v) is 4.30. The van der Waals surface area contributed by atoms with Crippen LogP contribution in [-0.4, -0.2) is 59.6 Å². The zero-order valence-corrected chi connectivity index (χ0v) is 10.1. The van der Waals surface area contributed by atoms with Gasteiger partial charge in [0.15, 0.2) is 0 Å². The topological polar surface area (TPSA) is 66.9 Å². The number of fused-ring (bicyclic) bond motifs is 1. The number of alkyl halides is 1. The average molecular weight is 258 g/mol. The summed E-state index contributed by atoms with van der Waals surface area (Å²) in [5.74, 6) is -1.94. The van der Waals surface area contributed by atoms with Crippen LogP contribution in [0.3, 0.4) is 0 Å². The minimum atomic E-state index is -2.19.